The molecule has 0 spiro atoms. The fraction of sp³-hybridized carbons (Fsp3) is 0.500. The number of halogens is 2. The summed E-state index contributed by atoms with van der Waals surface area (Å²) in [7, 11) is 0. The highest BCUT2D eigenvalue weighted by molar-refractivity contribution is 7.12. The Hall–Kier alpha value is -0.440. The van der Waals surface area contributed by atoms with Crippen molar-refractivity contribution in [3.63, 3.8) is 0 Å². The Kier molecular flexibility index (Phi) is 3.00. The van der Waals surface area contributed by atoms with Gasteiger partial charge in [0.2, 0.25) is 0 Å². The lowest BCUT2D eigenvalue weighted by molar-refractivity contribution is 0.155. The van der Waals surface area contributed by atoms with Crippen LogP contribution in [0.4, 0.5) is 8.78 Å². The highest BCUT2D eigenvalue weighted by Gasteiger charge is 2.08. The van der Waals surface area contributed by atoms with Gasteiger partial charge < -0.3 is 0 Å². The van der Waals surface area contributed by atoms with Crippen molar-refractivity contribution >= 4 is 11.3 Å². The van der Waals surface area contributed by atoms with Crippen molar-refractivity contribution in [2.45, 2.75) is 26.2 Å². The normalized spacial score (nSPS) is 10.9. The minimum Gasteiger partial charge on any atom is -0.204 e. The first-order valence-corrected chi connectivity index (χ1v) is 4.42. The molecular formula is C8H10F2S. The van der Waals surface area contributed by atoms with Gasteiger partial charge in [-0.2, -0.15) is 0 Å². The molecule has 0 saturated heterocycles. The Morgan fingerprint density at radius 2 is 2.18 bits per heavy atom. The van der Waals surface area contributed by atoms with Crippen molar-refractivity contribution in [1.29, 1.82) is 0 Å². The van der Waals surface area contributed by atoms with E-state index >= 15 is 0 Å². The van der Waals surface area contributed by atoms with E-state index in [-0.39, 0.29) is 4.88 Å². The van der Waals surface area contributed by atoms with Gasteiger partial charge in [-0.15, -0.1) is 11.3 Å². The molecule has 0 atom stereocenters. The molecule has 0 N–H and O–H groups in total. The summed E-state index contributed by atoms with van der Waals surface area (Å²) in [6, 6.07) is 3.30. The Labute approximate surface area is 68.9 Å². The standard InChI is InChI=1S/C8H10F2S/c1-2-3-6-4-5-7(11-6)8(9)10/h4-5,8H,2-3H2,1H3. The maximum absolute atomic E-state index is 12.0. The van der Waals surface area contributed by atoms with Gasteiger partial charge in [0.05, 0.1) is 4.88 Å². The summed E-state index contributed by atoms with van der Waals surface area (Å²) in [5.74, 6) is 0. The smallest absolute Gasteiger partial charge is 0.204 e. The Morgan fingerprint density at radius 1 is 1.45 bits per heavy atom. The lowest BCUT2D eigenvalue weighted by Crippen LogP contribution is -1.74. The molecule has 0 nitrogen and oxygen atoms in total. The van der Waals surface area contributed by atoms with E-state index in [1.54, 1.807) is 6.07 Å². The van der Waals surface area contributed by atoms with E-state index in [2.05, 4.69) is 0 Å². The molecule has 1 rings (SSSR count). The molecule has 1 aromatic rings. The van der Waals surface area contributed by atoms with Crippen LogP contribution in [0.25, 0.3) is 0 Å². The Bertz CT molecular complexity index is 218. The summed E-state index contributed by atoms with van der Waals surface area (Å²) in [4.78, 5) is 1.25. The van der Waals surface area contributed by atoms with Crippen molar-refractivity contribution in [2.24, 2.45) is 0 Å². The summed E-state index contributed by atoms with van der Waals surface area (Å²) in [6.07, 6.45) is -0.369. The maximum atomic E-state index is 12.0. The molecule has 1 aromatic heterocycles. The predicted molar refractivity (Wildman–Crippen MR) is 43.3 cm³/mol. The molecule has 0 aliphatic rings. The van der Waals surface area contributed by atoms with Gasteiger partial charge >= 0.3 is 0 Å². The zero-order chi connectivity index (χ0) is 8.27. The molecule has 0 radical (unpaired) electrons. The first-order valence-electron chi connectivity index (χ1n) is 3.60. The van der Waals surface area contributed by atoms with Crippen LogP contribution in [0.3, 0.4) is 0 Å². The second-order valence-electron chi connectivity index (χ2n) is 2.35. The van der Waals surface area contributed by atoms with E-state index in [9.17, 15) is 8.78 Å². The van der Waals surface area contributed by atoms with Crippen LogP contribution in [-0.4, -0.2) is 0 Å². The number of rotatable bonds is 3. The SMILES string of the molecule is CCCc1ccc(C(F)F)s1. The van der Waals surface area contributed by atoms with Crippen molar-refractivity contribution in [3.8, 4) is 0 Å². The number of hydrogen-bond acceptors (Lipinski definition) is 1. The van der Waals surface area contributed by atoms with E-state index in [1.165, 1.54) is 17.4 Å². The molecule has 0 amide bonds. The van der Waals surface area contributed by atoms with Crippen LogP contribution in [0.5, 0.6) is 0 Å². The van der Waals surface area contributed by atoms with Crippen molar-refractivity contribution < 1.29 is 8.78 Å². The van der Waals surface area contributed by atoms with Gasteiger partial charge in [0.25, 0.3) is 6.43 Å². The highest BCUT2D eigenvalue weighted by atomic mass is 32.1. The monoisotopic (exact) mass is 176 g/mol. The molecule has 3 heteroatoms. The van der Waals surface area contributed by atoms with E-state index in [4.69, 9.17) is 0 Å². The van der Waals surface area contributed by atoms with Gasteiger partial charge in [0.1, 0.15) is 0 Å². The largest absolute Gasteiger partial charge is 0.272 e. The molecule has 0 fully saturated rings. The molecule has 0 bridgehead atoms. The minimum atomic E-state index is -2.30. The molecule has 0 aliphatic heterocycles. The second-order valence-corrected chi connectivity index (χ2v) is 3.55. The molecule has 0 aliphatic carbocycles. The third-order valence-corrected chi connectivity index (χ3v) is 2.55. The van der Waals surface area contributed by atoms with Crippen molar-refractivity contribution in [2.75, 3.05) is 0 Å². The van der Waals surface area contributed by atoms with Crippen LogP contribution in [0, 0.1) is 0 Å². The maximum Gasteiger partial charge on any atom is 0.272 e. The van der Waals surface area contributed by atoms with E-state index in [0.717, 1.165) is 17.7 Å². The summed E-state index contributed by atoms with van der Waals surface area (Å²) in [5, 5.41) is 0. The third-order valence-electron chi connectivity index (χ3n) is 1.39. The zero-order valence-electron chi connectivity index (χ0n) is 6.31. The number of alkyl halides is 2. The van der Waals surface area contributed by atoms with Gasteiger partial charge in [0, 0.05) is 4.88 Å². The van der Waals surface area contributed by atoms with Gasteiger partial charge in [-0.05, 0) is 18.6 Å². The molecule has 11 heavy (non-hydrogen) atoms. The Morgan fingerprint density at radius 3 is 2.64 bits per heavy atom. The van der Waals surface area contributed by atoms with Gasteiger partial charge in [-0.25, -0.2) is 8.78 Å². The zero-order valence-corrected chi connectivity index (χ0v) is 7.13. The van der Waals surface area contributed by atoms with Gasteiger partial charge in [0.15, 0.2) is 0 Å². The quantitative estimate of drug-likeness (QED) is 0.659. The number of thiophene rings is 1. The van der Waals surface area contributed by atoms with E-state index < -0.39 is 6.43 Å². The minimum absolute atomic E-state index is 0.188. The highest BCUT2D eigenvalue weighted by Crippen LogP contribution is 2.27. The summed E-state index contributed by atoms with van der Waals surface area (Å²) in [6.45, 7) is 2.04. The lowest BCUT2D eigenvalue weighted by atomic mass is 10.3. The van der Waals surface area contributed by atoms with Crippen LogP contribution in [0.2, 0.25) is 0 Å². The predicted octanol–water partition coefficient (Wildman–Crippen LogP) is 3.64. The summed E-state index contributed by atoms with van der Waals surface area (Å²) >= 11 is 1.22. The fourth-order valence-corrected chi connectivity index (χ4v) is 1.86. The number of aryl methyl sites for hydroxylation is 1. The molecule has 62 valence electrons. The van der Waals surface area contributed by atoms with Crippen LogP contribution in [0.15, 0.2) is 12.1 Å². The fourth-order valence-electron chi connectivity index (χ4n) is 0.893. The summed E-state index contributed by atoms with van der Waals surface area (Å²) < 4.78 is 24.1. The van der Waals surface area contributed by atoms with Crippen molar-refractivity contribution in [1.82, 2.24) is 0 Å². The topological polar surface area (TPSA) is 0 Å². The van der Waals surface area contributed by atoms with Crippen molar-refractivity contribution in [3.05, 3.63) is 21.9 Å². The van der Waals surface area contributed by atoms with Crippen LogP contribution >= 0.6 is 11.3 Å². The van der Waals surface area contributed by atoms with Gasteiger partial charge in [-0.1, -0.05) is 13.3 Å². The molecule has 0 saturated carbocycles. The van der Waals surface area contributed by atoms with E-state index in [0.29, 0.717) is 0 Å². The summed E-state index contributed by atoms with van der Waals surface area (Å²) in [5.41, 5.74) is 0. The average Bonchev–Trinajstić information content (AvgIpc) is 2.37. The molecule has 0 aromatic carbocycles. The lowest BCUT2D eigenvalue weighted by Gasteiger charge is -1.91. The first kappa shape index (κ1) is 8.65. The third kappa shape index (κ3) is 2.26. The van der Waals surface area contributed by atoms with E-state index in [1.807, 2.05) is 6.92 Å². The number of hydrogen-bond donors (Lipinski definition) is 0. The first-order chi connectivity index (χ1) is 5.24. The Balaban J connectivity index is 2.66. The molecule has 0 unspecified atom stereocenters. The molecule has 1 heterocycles. The van der Waals surface area contributed by atoms with Crippen LogP contribution < -0.4 is 0 Å². The van der Waals surface area contributed by atoms with Crippen LogP contribution in [0.1, 0.15) is 29.5 Å². The van der Waals surface area contributed by atoms with Crippen LogP contribution in [-0.2, 0) is 6.42 Å². The second kappa shape index (κ2) is 3.81. The van der Waals surface area contributed by atoms with Gasteiger partial charge in [-0.3, -0.25) is 0 Å². The molecular weight excluding hydrogens is 166 g/mol. The average molecular weight is 176 g/mol.